The minimum Gasteiger partial charge on any atom is -0.378 e. The second kappa shape index (κ2) is 8.50. The predicted molar refractivity (Wildman–Crippen MR) is 97.2 cm³/mol. The van der Waals surface area contributed by atoms with Crippen LogP contribution in [0.3, 0.4) is 0 Å². The molecule has 2 amide bonds. The summed E-state index contributed by atoms with van der Waals surface area (Å²) in [5, 5.41) is 14.0. The van der Waals surface area contributed by atoms with Crippen molar-refractivity contribution in [2.24, 2.45) is 0 Å². The molecule has 0 aromatic heterocycles. The molecule has 0 atom stereocenters. The molecule has 2 rings (SSSR count). The summed E-state index contributed by atoms with van der Waals surface area (Å²) in [6.45, 7) is 0.307. The molecule has 6 nitrogen and oxygen atoms in total. The van der Waals surface area contributed by atoms with Crippen molar-refractivity contribution in [3.8, 4) is 6.07 Å². The van der Waals surface area contributed by atoms with Crippen LogP contribution in [0.5, 0.6) is 0 Å². The molecule has 128 valence electrons. The van der Waals surface area contributed by atoms with E-state index in [1.807, 2.05) is 37.2 Å². The molecule has 0 fully saturated rings. The molecule has 0 saturated carbocycles. The standard InChI is InChI=1S/C19H20N4O2/c1-23(2)17-8-6-15(7-9-17)19(25)22-16-5-3-4-14(12-16)13-21-18(24)10-11-20/h3-9,12H,10,13H2,1-2H3,(H,21,24)(H,22,25). The van der Waals surface area contributed by atoms with Crippen LogP contribution in [0.15, 0.2) is 48.5 Å². The molecule has 2 aromatic carbocycles. The van der Waals surface area contributed by atoms with E-state index >= 15 is 0 Å². The minimum atomic E-state index is -0.321. The van der Waals surface area contributed by atoms with Crippen molar-refractivity contribution in [1.82, 2.24) is 5.32 Å². The quantitative estimate of drug-likeness (QED) is 0.849. The van der Waals surface area contributed by atoms with Gasteiger partial charge in [0, 0.05) is 37.6 Å². The summed E-state index contributed by atoms with van der Waals surface area (Å²) >= 11 is 0. The first kappa shape index (κ1) is 18.0. The molecule has 2 aromatic rings. The van der Waals surface area contributed by atoms with E-state index in [9.17, 15) is 9.59 Å². The van der Waals surface area contributed by atoms with Gasteiger partial charge in [-0.25, -0.2) is 0 Å². The topological polar surface area (TPSA) is 85.2 Å². The summed E-state index contributed by atoms with van der Waals surface area (Å²) in [5.74, 6) is -0.520. The van der Waals surface area contributed by atoms with Gasteiger partial charge < -0.3 is 15.5 Å². The minimum absolute atomic E-state index is 0.167. The van der Waals surface area contributed by atoms with E-state index < -0.39 is 0 Å². The number of benzene rings is 2. The fourth-order valence-electron chi connectivity index (χ4n) is 2.21. The molecule has 0 unspecified atom stereocenters. The fourth-order valence-corrected chi connectivity index (χ4v) is 2.21. The Morgan fingerprint density at radius 2 is 1.84 bits per heavy atom. The van der Waals surface area contributed by atoms with Crippen molar-refractivity contribution < 1.29 is 9.59 Å². The highest BCUT2D eigenvalue weighted by atomic mass is 16.2. The van der Waals surface area contributed by atoms with E-state index in [-0.39, 0.29) is 18.2 Å². The number of carbonyl (C=O) groups excluding carboxylic acids is 2. The predicted octanol–water partition coefficient (Wildman–Crippen LogP) is 2.53. The lowest BCUT2D eigenvalue weighted by Crippen LogP contribution is -2.22. The summed E-state index contributed by atoms with van der Waals surface area (Å²) in [6.07, 6.45) is -0.167. The number of carbonyl (C=O) groups is 2. The number of hydrogen-bond donors (Lipinski definition) is 2. The van der Waals surface area contributed by atoms with E-state index in [1.165, 1.54) is 0 Å². The molecular formula is C19H20N4O2. The van der Waals surface area contributed by atoms with Gasteiger partial charge in [-0.2, -0.15) is 5.26 Å². The monoisotopic (exact) mass is 336 g/mol. The van der Waals surface area contributed by atoms with Gasteiger partial charge in [0.2, 0.25) is 5.91 Å². The van der Waals surface area contributed by atoms with Gasteiger partial charge in [-0.3, -0.25) is 9.59 Å². The van der Waals surface area contributed by atoms with Crippen molar-refractivity contribution in [1.29, 1.82) is 5.26 Å². The molecule has 0 aliphatic rings. The molecule has 6 heteroatoms. The van der Waals surface area contributed by atoms with E-state index in [4.69, 9.17) is 5.26 Å². The van der Waals surface area contributed by atoms with Gasteiger partial charge in [-0.1, -0.05) is 12.1 Å². The summed E-state index contributed by atoms with van der Waals surface area (Å²) < 4.78 is 0. The lowest BCUT2D eigenvalue weighted by Gasteiger charge is -2.13. The number of nitrogens with zero attached hydrogens (tertiary/aromatic N) is 2. The van der Waals surface area contributed by atoms with Crippen molar-refractivity contribution in [2.45, 2.75) is 13.0 Å². The average molecular weight is 336 g/mol. The Balaban J connectivity index is 2.00. The number of amides is 2. The Morgan fingerprint density at radius 3 is 2.48 bits per heavy atom. The highest BCUT2D eigenvalue weighted by Gasteiger charge is 2.07. The molecule has 0 saturated heterocycles. The summed E-state index contributed by atoms with van der Waals surface area (Å²) in [7, 11) is 3.88. The van der Waals surface area contributed by atoms with Crippen LogP contribution in [-0.4, -0.2) is 25.9 Å². The largest absolute Gasteiger partial charge is 0.378 e. The van der Waals surface area contributed by atoms with Gasteiger partial charge in [0.1, 0.15) is 6.42 Å². The first-order valence-corrected chi connectivity index (χ1v) is 7.81. The van der Waals surface area contributed by atoms with E-state index in [0.29, 0.717) is 17.8 Å². The maximum absolute atomic E-state index is 12.3. The maximum atomic E-state index is 12.3. The number of nitriles is 1. The zero-order valence-electron chi connectivity index (χ0n) is 14.2. The molecular weight excluding hydrogens is 316 g/mol. The number of hydrogen-bond acceptors (Lipinski definition) is 4. The Bertz CT molecular complexity index is 792. The average Bonchev–Trinajstić information content (AvgIpc) is 2.60. The Kier molecular flexibility index (Phi) is 6.13. The van der Waals surface area contributed by atoms with Crippen LogP contribution in [-0.2, 0) is 11.3 Å². The van der Waals surface area contributed by atoms with E-state index in [0.717, 1.165) is 11.3 Å². The van der Waals surface area contributed by atoms with Gasteiger partial charge in [0.25, 0.3) is 5.91 Å². The number of nitrogens with one attached hydrogen (secondary N) is 2. The third-order valence-corrected chi connectivity index (χ3v) is 3.56. The van der Waals surface area contributed by atoms with E-state index in [2.05, 4.69) is 10.6 Å². The van der Waals surface area contributed by atoms with Gasteiger partial charge in [0.05, 0.1) is 6.07 Å². The number of anilines is 2. The first-order chi connectivity index (χ1) is 12.0. The highest BCUT2D eigenvalue weighted by Crippen LogP contribution is 2.15. The molecule has 0 aliphatic carbocycles. The lowest BCUT2D eigenvalue weighted by atomic mass is 10.1. The third kappa shape index (κ3) is 5.36. The second-order valence-electron chi connectivity index (χ2n) is 5.71. The zero-order valence-corrected chi connectivity index (χ0v) is 14.2. The van der Waals surface area contributed by atoms with Gasteiger partial charge in [-0.15, -0.1) is 0 Å². The second-order valence-corrected chi connectivity index (χ2v) is 5.71. The fraction of sp³-hybridized carbons (Fsp3) is 0.211. The molecule has 0 bridgehead atoms. The van der Waals surface area contributed by atoms with Crippen molar-refractivity contribution in [3.63, 3.8) is 0 Å². The molecule has 0 radical (unpaired) electrons. The van der Waals surface area contributed by atoms with Crippen molar-refractivity contribution >= 4 is 23.2 Å². The van der Waals surface area contributed by atoms with Crippen LogP contribution in [0.2, 0.25) is 0 Å². The number of rotatable bonds is 6. The van der Waals surface area contributed by atoms with Crippen LogP contribution < -0.4 is 15.5 Å². The molecule has 25 heavy (non-hydrogen) atoms. The van der Waals surface area contributed by atoms with Gasteiger partial charge in [0.15, 0.2) is 0 Å². The van der Waals surface area contributed by atoms with Crippen LogP contribution in [0, 0.1) is 11.3 Å². The Hall–Kier alpha value is -3.33. The van der Waals surface area contributed by atoms with E-state index in [1.54, 1.807) is 36.4 Å². The van der Waals surface area contributed by atoms with Crippen LogP contribution in [0.4, 0.5) is 11.4 Å². The highest BCUT2D eigenvalue weighted by molar-refractivity contribution is 6.04. The molecule has 0 aliphatic heterocycles. The van der Waals surface area contributed by atoms with Crippen LogP contribution in [0.1, 0.15) is 22.3 Å². The van der Waals surface area contributed by atoms with Crippen LogP contribution in [0.25, 0.3) is 0 Å². The summed E-state index contributed by atoms with van der Waals surface area (Å²) in [4.78, 5) is 25.6. The SMILES string of the molecule is CN(C)c1ccc(C(=O)Nc2cccc(CNC(=O)CC#N)c2)cc1. The first-order valence-electron chi connectivity index (χ1n) is 7.81. The molecule has 0 heterocycles. The summed E-state index contributed by atoms with van der Waals surface area (Å²) in [5.41, 5.74) is 3.07. The zero-order chi connectivity index (χ0) is 18.2. The summed E-state index contributed by atoms with van der Waals surface area (Å²) in [6, 6.07) is 16.3. The normalized spacial score (nSPS) is 9.80. The van der Waals surface area contributed by atoms with Crippen LogP contribution >= 0.6 is 0 Å². The molecule has 0 spiro atoms. The maximum Gasteiger partial charge on any atom is 0.255 e. The lowest BCUT2D eigenvalue weighted by molar-refractivity contribution is -0.120. The third-order valence-electron chi connectivity index (χ3n) is 3.56. The van der Waals surface area contributed by atoms with Gasteiger partial charge in [-0.05, 0) is 42.0 Å². The smallest absolute Gasteiger partial charge is 0.255 e. The Labute approximate surface area is 147 Å². The van der Waals surface area contributed by atoms with Gasteiger partial charge >= 0.3 is 0 Å². The molecule has 2 N–H and O–H groups in total. The Morgan fingerprint density at radius 1 is 1.12 bits per heavy atom. The van der Waals surface area contributed by atoms with Crippen molar-refractivity contribution in [2.75, 3.05) is 24.3 Å². The van der Waals surface area contributed by atoms with Crippen molar-refractivity contribution in [3.05, 3.63) is 59.7 Å².